The molecule has 1 radical (unpaired) electrons. The number of rotatable bonds is 0. The quantitative estimate of drug-likeness (QED) is 0.380. The molecule has 0 aromatic rings. The van der Waals surface area contributed by atoms with Gasteiger partial charge in [-0.1, -0.05) is 0 Å². The molecule has 8 heavy (non-hydrogen) atoms. The van der Waals surface area contributed by atoms with Crippen molar-refractivity contribution in [1.82, 2.24) is 0 Å². The fourth-order valence-electron chi connectivity index (χ4n) is 0. The second-order valence-electron chi connectivity index (χ2n) is 0. The Bertz CT molecular complexity index is 8.49. The Morgan fingerprint density at radius 3 is 0.375 bits per heavy atom. The van der Waals surface area contributed by atoms with Crippen LogP contribution in [-0.4, -0.2) is 84.2 Å². The van der Waals surface area contributed by atoms with Crippen LogP contribution in [0, 0.1) is 0 Å². The summed E-state index contributed by atoms with van der Waals surface area (Å²) in [6.07, 6.45) is 0. The molecule has 0 aliphatic carbocycles. The molecule has 0 amide bonds. The Labute approximate surface area is 104 Å². The van der Waals surface area contributed by atoms with Crippen molar-refractivity contribution in [3.63, 3.8) is 0 Å². The van der Waals surface area contributed by atoms with Crippen molar-refractivity contribution >= 4 is 51.4 Å². The van der Waals surface area contributed by atoms with Crippen LogP contribution in [-0.2, 0) is 21.1 Å². The average molecular weight is 342 g/mol. The molecule has 0 aromatic carbocycles. The van der Waals surface area contributed by atoms with Crippen LogP contribution in [0.25, 0.3) is 0 Å². The van der Waals surface area contributed by atoms with Gasteiger partial charge in [-0.2, -0.15) is 0 Å². The molecule has 0 bridgehead atoms. The van der Waals surface area contributed by atoms with Crippen LogP contribution in [0.3, 0.4) is 0 Å². The van der Waals surface area contributed by atoms with Gasteiger partial charge in [0.2, 0.25) is 0 Å². The van der Waals surface area contributed by atoms with Crippen molar-refractivity contribution in [3.8, 4) is 0 Å². The molecule has 0 fully saturated rings. The zero-order chi connectivity index (χ0) is 0. The van der Waals surface area contributed by atoms with Crippen LogP contribution >= 0.6 is 0 Å². The Hall–Kier alpha value is 2.08. The summed E-state index contributed by atoms with van der Waals surface area (Å²) in [4.78, 5) is 0. The van der Waals surface area contributed by atoms with Gasteiger partial charge in [0.15, 0.2) is 0 Å². The molecule has 6 nitrogen and oxygen atoms in total. The third-order valence-electron chi connectivity index (χ3n) is 0. The van der Waals surface area contributed by atoms with E-state index in [-0.39, 0.29) is 105 Å². The van der Waals surface area contributed by atoms with Crippen molar-refractivity contribution < 1.29 is 53.9 Å². The second-order valence-corrected chi connectivity index (χ2v) is 0. The third-order valence-corrected chi connectivity index (χ3v) is 0. The molecule has 0 heterocycles. The van der Waals surface area contributed by atoms with E-state index in [1.165, 1.54) is 0 Å². The van der Waals surface area contributed by atoms with E-state index in [1.54, 1.807) is 0 Å². The van der Waals surface area contributed by atoms with Crippen molar-refractivity contribution in [1.29, 1.82) is 0 Å². The Morgan fingerprint density at radius 2 is 0.375 bits per heavy atom. The maximum Gasteiger partial charge on any atom is 0 e. The zero-order valence-electron chi connectivity index (χ0n) is 4.32. The summed E-state index contributed by atoms with van der Waals surface area (Å²) in [5.41, 5.74) is 0. The van der Waals surface area contributed by atoms with Crippen LogP contribution in [0.1, 0.15) is 0 Å². The zero-order valence-corrected chi connectivity index (χ0v) is 9.71. The molecule has 0 aliphatic heterocycles. The van der Waals surface area contributed by atoms with Gasteiger partial charge in [0.1, 0.15) is 0 Å². The van der Waals surface area contributed by atoms with Gasteiger partial charge in [0.25, 0.3) is 0 Å². The summed E-state index contributed by atoms with van der Waals surface area (Å²) in [6, 6.07) is 0. The molecule has 12 N–H and O–H groups in total. The van der Waals surface area contributed by atoms with E-state index in [9.17, 15) is 0 Å². The maximum absolute atomic E-state index is 0. The first-order valence-corrected chi connectivity index (χ1v) is 0. The van der Waals surface area contributed by atoms with Crippen molar-refractivity contribution in [2.24, 2.45) is 0 Å². The second kappa shape index (κ2) is 137. The van der Waals surface area contributed by atoms with Crippen molar-refractivity contribution in [2.75, 3.05) is 0 Å². The van der Waals surface area contributed by atoms with E-state index in [2.05, 4.69) is 0 Å². The van der Waals surface area contributed by atoms with E-state index >= 15 is 0 Å². The van der Waals surface area contributed by atoms with Gasteiger partial charge in [-0.15, -0.1) is 0 Å². The summed E-state index contributed by atoms with van der Waals surface area (Å²) < 4.78 is 0. The van der Waals surface area contributed by atoms with E-state index in [4.69, 9.17) is 0 Å². The van der Waals surface area contributed by atoms with E-state index in [1.807, 2.05) is 0 Å². The van der Waals surface area contributed by atoms with Gasteiger partial charge in [0, 0.05) is 72.4 Å². The minimum Gasteiger partial charge on any atom is -0.412 e. The molecular weight excluding hydrogens is 330 g/mol. The molecular formula is H12KO6Pt. The van der Waals surface area contributed by atoms with Gasteiger partial charge in [-0.05, 0) is 0 Å². The van der Waals surface area contributed by atoms with Gasteiger partial charge in [-0.3, -0.25) is 0 Å². The van der Waals surface area contributed by atoms with Gasteiger partial charge < -0.3 is 32.9 Å². The number of hydrogen-bond donors (Lipinski definition) is 0. The predicted molar refractivity (Wildman–Crippen MR) is 27.4 cm³/mol. The maximum atomic E-state index is 0. The van der Waals surface area contributed by atoms with Crippen LogP contribution in [0.5, 0.6) is 0 Å². The Balaban J connectivity index is 0. The molecule has 0 rings (SSSR count). The van der Waals surface area contributed by atoms with Gasteiger partial charge >= 0.3 is 0 Å². The van der Waals surface area contributed by atoms with Crippen molar-refractivity contribution in [3.05, 3.63) is 0 Å². The van der Waals surface area contributed by atoms with Crippen molar-refractivity contribution in [2.45, 2.75) is 0 Å². The first-order chi connectivity index (χ1) is 0. The standard InChI is InChI=1S/K.6H2O.Pt/h;6*1H2;. The van der Waals surface area contributed by atoms with Crippen LogP contribution in [0.4, 0.5) is 0 Å². The molecule has 0 spiro atoms. The largest absolute Gasteiger partial charge is 0.412 e. The molecule has 0 unspecified atom stereocenters. The summed E-state index contributed by atoms with van der Waals surface area (Å²) >= 11 is 0. The molecule has 0 aliphatic rings. The van der Waals surface area contributed by atoms with Crippen LogP contribution < -0.4 is 0 Å². The normalized spacial score (nSPS) is 0. The molecule has 0 saturated heterocycles. The smallest absolute Gasteiger partial charge is 0 e. The number of hydrogen-bond acceptors (Lipinski definition) is 0. The first-order valence-electron chi connectivity index (χ1n) is 0. The summed E-state index contributed by atoms with van der Waals surface area (Å²) in [5, 5.41) is 0. The topological polar surface area (TPSA) is 189 Å². The predicted octanol–water partition coefficient (Wildman–Crippen LogP) is -5.33. The molecule has 0 aromatic heterocycles. The van der Waals surface area contributed by atoms with E-state index < -0.39 is 0 Å². The average Bonchev–Trinajstić information content (AvgIpc) is 0. The third kappa shape index (κ3) is 93.4. The monoisotopic (exact) mass is 342 g/mol. The fraction of sp³-hybridized carbons (Fsp3) is 0. The molecule has 0 saturated carbocycles. The summed E-state index contributed by atoms with van der Waals surface area (Å²) in [6.45, 7) is 0. The van der Waals surface area contributed by atoms with Crippen LogP contribution in [0.2, 0.25) is 0 Å². The minimum absolute atomic E-state index is 0. The van der Waals surface area contributed by atoms with E-state index in [0.29, 0.717) is 0 Å². The Kier molecular flexibility index (Phi) is 3270. The molecule has 0 atom stereocenters. The first kappa shape index (κ1) is 192. The Morgan fingerprint density at radius 1 is 0.375 bits per heavy atom. The minimum atomic E-state index is 0. The van der Waals surface area contributed by atoms with Gasteiger partial charge in [-0.25, -0.2) is 0 Å². The fourth-order valence-corrected chi connectivity index (χ4v) is 0. The van der Waals surface area contributed by atoms with Gasteiger partial charge in [0.05, 0.1) is 0 Å². The summed E-state index contributed by atoms with van der Waals surface area (Å²) in [5.74, 6) is 0. The molecule has 59 valence electrons. The van der Waals surface area contributed by atoms with Crippen LogP contribution in [0.15, 0.2) is 0 Å². The SMILES string of the molecule is O.O.O.O.O.O.[K].[Pt]. The van der Waals surface area contributed by atoms with E-state index in [0.717, 1.165) is 0 Å². The summed E-state index contributed by atoms with van der Waals surface area (Å²) in [7, 11) is 0. The molecule has 8 heteroatoms.